The molecule has 2 N–H and O–H groups in total. The van der Waals surface area contributed by atoms with Gasteiger partial charge in [0.1, 0.15) is 11.5 Å². The molecule has 1 aliphatic carbocycles. The summed E-state index contributed by atoms with van der Waals surface area (Å²) in [7, 11) is 1.93. The number of nitrogens with two attached hydrogens (primary N) is 1. The Hall–Kier alpha value is -1.78. The molecule has 2 aromatic heterocycles. The zero-order chi connectivity index (χ0) is 12.0. The minimum atomic E-state index is 0.683. The van der Waals surface area contributed by atoms with Gasteiger partial charge in [-0.05, 0) is 32.6 Å². The molecule has 90 valence electrons. The largest absolute Gasteiger partial charge is 0.382 e. The second kappa shape index (κ2) is 3.61. The number of nitrogen functional groups attached to an aromatic ring is 1. The van der Waals surface area contributed by atoms with E-state index >= 15 is 0 Å². The van der Waals surface area contributed by atoms with E-state index in [0.717, 1.165) is 24.2 Å². The molecule has 5 nitrogen and oxygen atoms in total. The van der Waals surface area contributed by atoms with Crippen molar-refractivity contribution < 1.29 is 0 Å². The summed E-state index contributed by atoms with van der Waals surface area (Å²) in [5.41, 5.74) is 10.5. The van der Waals surface area contributed by atoms with Gasteiger partial charge in [-0.3, -0.25) is 4.68 Å². The van der Waals surface area contributed by atoms with Crippen molar-refractivity contribution in [3.8, 4) is 5.69 Å². The van der Waals surface area contributed by atoms with Crippen molar-refractivity contribution in [1.82, 2.24) is 19.6 Å². The van der Waals surface area contributed by atoms with Gasteiger partial charge < -0.3 is 5.73 Å². The summed E-state index contributed by atoms with van der Waals surface area (Å²) in [5, 5.41) is 8.84. The fourth-order valence-corrected chi connectivity index (χ4v) is 2.62. The molecule has 0 spiro atoms. The molecule has 17 heavy (non-hydrogen) atoms. The Kier molecular flexibility index (Phi) is 2.21. The molecule has 0 unspecified atom stereocenters. The Balaban J connectivity index is 2.18. The van der Waals surface area contributed by atoms with E-state index in [0.29, 0.717) is 5.82 Å². The highest BCUT2D eigenvalue weighted by atomic mass is 15.4. The summed E-state index contributed by atoms with van der Waals surface area (Å²) in [5.74, 6) is 0.683. The molecule has 3 rings (SSSR count). The summed E-state index contributed by atoms with van der Waals surface area (Å²) in [4.78, 5) is 0. The van der Waals surface area contributed by atoms with Gasteiger partial charge in [-0.15, -0.1) is 0 Å². The summed E-state index contributed by atoms with van der Waals surface area (Å²) < 4.78 is 3.80. The van der Waals surface area contributed by atoms with E-state index in [1.165, 1.54) is 24.1 Å². The fraction of sp³-hybridized carbons (Fsp3) is 0.500. The molecule has 0 aliphatic heterocycles. The minimum absolute atomic E-state index is 0.683. The summed E-state index contributed by atoms with van der Waals surface area (Å²) in [6.45, 7) is 2.00. The molecule has 2 aromatic rings. The molecule has 0 amide bonds. The number of hydrogen-bond acceptors (Lipinski definition) is 3. The van der Waals surface area contributed by atoms with Crippen LogP contribution in [0.15, 0.2) is 6.20 Å². The van der Waals surface area contributed by atoms with Crippen LogP contribution in [0.2, 0.25) is 0 Å². The van der Waals surface area contributed by atoms with Crippen LogP contribution in [-0.4, -0.2) is 19.6 Å². The lowest BCUT2D eigenvalue weighted by molar-refractivity contribution is 0.652. The highest BCUT2D eigenvalue weighted by Crippen LogP contribution is 2.28. The third kappa shape index (κ3) is 1.53. The minimum Gasteiger partial charge on any atom is -0.382 e. The summed E-state index contributed by atoms with van der Waals surface area (Å²) in [6.07, 6.45) is 6.55. The predicted octanol–water partition coefficient (Wildman–Crippen LogP) is 1.38. The van der Waals surface area contributed by atoms with Gasteiger partial charge in [-0.1, -0.05) is 0 Å². The van der Waals surface area contributed by atoms with Crippen molar-refractivity contribution in [1.29, 1.82) is 0 Å². The number of aryl methyl sites for hydroxylation is 2. The van der Waals surface area contributed by atoms with Gasteiger partial charge in [0.25, 0.3) is 0 Å². The maximum atomic E-state index is 6.00. The first-order chi connectivity index (χ1) is 8.16. The van der Waals surface area contributed by atoms with Crippen LogP contribution in [0.4, 0.5) is 5.82 Å². The molecule has 0 atom stereocenters. The van der Waals surface area contributed by atoms with Crippen molar-refractivity contribution in [2.24, 2.45) is 7.05 Å². The fourth-order valence-electron chi connectivity index (χ4n) is 2.62. The molecule has 0 saturated heterocycles. The summed E-state index contributed by atoms with van der Waals surface area (Å²) >= 11 is 0. The molecule has 0 aromatic carbocycles. The predicted molar refractivity (Wildman–Crippen MR) is 66.1 cm³/mol. The number of anilines is 1. The second-order valence-electron chi connectivity index (χ2n) is 4.70. The van der Waals surface area contributed by atoms with Gasteiger partial charge in [0.15, 0.2) is 0 Å². The van der Waals surface area contributed by atoms with E-state index in [9.17, 15) is 0 Å². The van der Waals surface area contributed by atoms with E-state index in [1.54, 1.807) is 0 Å². The lowest BCUT2D eigenvalue weighted by Crippen LogP contribution is -2.08. The van der Waals surface area contributed by atoms with Gasteiger partial charge >= 0.3 is 0 Å². The van der Waals surface area contributed by atoms with Gasteiger partial charge in [0, 0.05) is 18.3 Å². The van der Waals surface area contributed by atoms with Gasteiger partial charge in [-0.2, -0.15) is 10.2 Å². The molecule has 0 fully saturated rings. The number of nitrogens with zero attached hydrogens (tertiary/aromatic N) is 4. The number of fused-ring (bicyclic) bond motifs is 1. The Bertz CT molecular complexity index is 564. The molecule has 1 aliphatic rings. The molecular formula is C12H17N5. The first-order valence-corrected chi connectivity index (χ1v) is 6.03. The highest BCUT2D eigenvalue weighted by molar-refractivity contribution is 5.48. The zero-order valence-corrected chi connectivity index (χ0v) is 10.3. The third-order valence-corrected chi connectivity index (χ3v) is 3.43. The highest BCUT2D eigenvalue weighted by Gasteiger charge is 2.21. The van der Waals surface area contributed by atoms with E-state index in [-0.39, 0.29) is 0 Å². The standard InChI is InChI=1S/C12H17N5/c1-8-11(7-16(2)14-8)17-10-6-4-3-5-9(10)12(13)15-17/h7H,3-6H2,1-2H3,(H2,13,15). The number of aromatic nitrogens is 4. The van der Waals surface area contributed by atoms with E-state index < -0.39 is 0 Å². The Labute approximate surface area is 100 Å². The monoisotopic (exact) mass is 231 g/mol. The van der Waals surface area contributed by atoms with Crippen LogP contribution in [0.5, 0.6) is 0 Å². The molecule has 5 heteroatoms. The van der Waals surface area contributed by atoms with Crippen molar-refractivity contribution in [2.45, 2.75) is 32.6 Å². The van der Waals surface area contributed by atoms with Gasteiger partial charge in [0.2, 0.25) is 0 Å². The van der Waals surface area contributed by atoms with Crippen molar-refractivity contribution >= 4 is 5.82 Å². The van der Waals surface area contributed by atoms with Gasteiger partial charge in [0.05, 0.1) is 11.9 Å². The van der Waals surface area contributed by atoms with Gasteiger partial charge in [-0.25, -0.2) is 4.68 Å². The van der Waals surface area contributed by atoms with Crippen LogP contribution in [0.25, 0.3) is 5.69 Å². The maximum absolute atomic E-state index is 6.00. The third-order valence-electron chi connectivity index (χ3n) is 3.43. The lowest BCUT2D eigenvalue weighted by atomic mass is 9.97. The number of rotatable bonds is 1. The van der Waals surface area contributed by atoms with Crippen molar-refractivity contribution in [3.05, 3.63) is 23.1 Å². The second-order valence-corrected chi connectivity index (χ2v) is 4.70. The Morgan fingerprint density at radius 3 is 2.71 bits per heavy atom. The summed E-state index contributed by atoms with van der Waals surface area (Å²) in [6, 6.07) is 0. The normalized spacial score (nSPS) is 14.9. The smallest absolute Gasteiger partial charge is 0.149 e. The molecule has 0 saturated carbocycles. The van der Waals surface area contributed by atoms with E-state index in [2.05, 4.69) is 10.2 Å². The first kappa shape index (κ1) is 10.4. The molecule has 2 heterocycles. The lowest BCUT2D eigenvalue weighted by Gasteiger charge is -2.13. The topological polar surface area (TPSA) is 61.7 Å². The SMILES string of the molecule is Cc1nn(C)cc1-n1nc(N)c2c1CCCC2. The molecular weight excluding hydrogens is 214 g/mol. The zero-order valence-electron chi connectivity index (χ0n) is 10.3. The Morgan fingerprint density at radius 2 is 2.00 bits per heavy atom. The Morgan fingerprint density at radius 1 is 1.24 bits per heavy atom. The average Bonchev–Trinajstić information content (AvgIpc) is 2.80. The molecule has 0 bridgehead atoms. The average molecular weight is 231 g/mol. The van der Waals surface area contributed by atoms with Crippen LogP contribution < -0.4 is 5.73 Å². The van der Waals surface area contributed by atoms with Crippen molar-refractivity contribution in [2.75, 3.05) is 5.73 Å². The van der Waals surface area contributed by atoms with Crippen LogP contribution in [0.1, 0.15) is 29.8 Å². The van der Waals surface area contributed by atoms with Crippen LogP contribution >= 0.6 is 0 Å². The first-order valence-electron chi connectivity index (χ1n) is 6.03. The van der Waals surface area contributed by atoms with Crippen LogP contribution in [-0.2, 0) is 19.9 Å². The van der Waals surface area contributed by atoms with Crippen LogP contribution in [0.3, 0.4) is 0 Å². The van der Waals surface area contributed by atoms with E-state index in [1.807, 2.05) is 29.5 Å². The van der Waals surface area contributed by atoms with E-state index in [4.69, 9.17) is 5.73 Å². The number of hydrogen-bond donors (Lipinski definition) is 1. The van der Waals surface area contributed by atoms with Crippen molar-refractivity contribution in [3.63, 3.8) is 0 Å². The van der Waals surface area contributed by atoms with Crippen LogP contribution in [0, 0.1) is 6.92 Å². The molecule has 0 radical (unpaired) electrons. The maximum Gasteiger partial charge on any atom is 0.149 e. The quantitative estimate of drug-likeness (QED) is 0.806.